The lowest BCUT2D eigenvalue weighted by Crippen LogP contribution is -2.61. The average Bonchev–Trinajstić information content (AvgIpc) is 3.93. The molecule has 0 radical (unpaired) electrons. The Morgan fingerprint density at radius 2 is 0.889 bits per heavy atom. The van der Waals surface area contributed by atoms with Crippen LogP contribution in [0, 0.1) is 13.8 Å². The van der Waals surface area contributed by atoms with E-state index in [1.807, 2.05) is 22.7 Å². The van der Waals surface area contributed by atoms with Crippen molar-refractivity contribution in [2.45, 2.75) is 169 Å². The van der Waals surface area contributed by atoms with Crippen molar-refractivity contribution in [2.24, 2.45) is 0 Å². The molecule has 0 bridgehead atoms. The predicted molar refractivity (Wildman–Crippen MR) is 318 cm³/mol. The van der Waals surface area contributed by atoms with Gasteiger partial charge in [-0.05, 0) is 176 Å². The van der Waals surface area contributed by atoms with E-state index in [1.54, 1.807) is 5.56 Å². The van der Waals surface area contributed by atoms with Gasteiger partial charge in [-0.1, -0.05) is 157 Å². The van der Waals surface area contributed by atoms with Crippen LogP contribution in [-0.4, -0.2) is 12.3 Å². The molecule has 0 saturated heterocycles. The molecule has 3 aliphatic heterocycles. The third-order valence-corrected chi connectivity index (χ3v) is 20.1. The van der Waals surface area contributed by atoms with Gasteiger partial charge in [-0.2, -0.15) is 0 Å². The van der Waals surface area contributed by atoms with Gasteiger partial charge in [0.25, 0.3) is 6.71 Å². The lowest BCUT2D eigenvalue weighted by atomic mass is 9.33. The van der Waals surface area contributed by atoms with E-state index in [9.17, 15) is 0 Å². The van der Waals surface area contributed by atoms with Crippen LogP contribution < -0.4 is 31.1 Å². The van der Waals surface area contributed by atoms with E-state index < -0.39 is 0 Å². The summed E-state index contributed by atoms with van der Waals surface area (Å²) in [7, 11) is 0. The summed E-state index contributed by atoms with van der Waals surface area (Å²) in [6.45, 7) is 38.0. The normalized spacial score (nSPS) is 19.7. The van der Waals surface area contributed by atoms with Crippen LogP contribution in [0.1, 0.15) is 162 Å². The van der Waals surface area contributed by atoms with Crippen LogP contribution in [0.15, 0.2) is 109 Å². The Balaban J connectivity index is 1.24. The Morgan fingerprint density at radius 1 is 0.458 bits per heavy atom. The average molecular weight is 984 g/mol. The fourth-order valence-electron chi connectivity index (χ4n) is 13.6. The third kappa shape index (κ3) is 6.93. The van der Waals surface area contributed by atoms with Gasteiger partial charge in [-0.15, -0.1) is 22.7 Å². The van der Waals surface area contributed by atoms with E-state index in [0.29, 0.717) is 0 Å². The highest BCUT2D eigenvalue weighted by Crippen LogP contribution is 2.63. The molecule has 5 heterocycles. The SMILES string of the molecule is Cc1cc(C)c2c(c1)N(c1cc3c4c(c1)N(c1ccc(C(C)(C)C)cc1)c1sc5cc(C(C)(C)C)ccc5c1B4c1c(sc4cc(C(C)(C)C)ccc14)N3c1ccc(C(C)(C)C)cc1)C1(C)CCCCC21C. The summed E-state index contributed by atoms with van der Waals surface area (Å²) in [6, 6.07) is 44.3. The van der Waals surface area contributed by atoms with E-state index in [2.05, 4.69) is 235 Å². The van der Waals surface area contributed by atoms with Gasteiger partial charge in [0, 0.05) is 48.9 Å². The van der Waals surface area contributed by atoms with Crippen molar-refractivity contribution < 1.29 is 0 Å². The maximum atomic E-state index is 2.85. The van der Waals surface area contributed by atoms with Crippen LogP contribution >= 0.6 is 22.7 Å². The first-order valence-electron chi connectivity index (χ1n) is 26.8. The lowest BCUT2D eigenvalue weighted by Gasteiger charge is -2.51. The fraction of sp³-hybridized carbons (Fsp3) is 0.394. The molecule has 12 rings (SSSR count). The first-order valence-corrected chi connectivity index (χ1v) is 28.5. The van der Waals surface area contributed by atoms with Crippen molar-refractivity contribution >= 4 is 110 Å². The number of fused-ring (bicyclic) bond motifs is 11. The number of anilines is 8. The topological polar surface area (TPSA) is 9.72 Å². The third-order valence-electron chi connectivity index (χ3n) is 17.8. The van der Waals surface area contributed by atoms with Crippen molar-refractivity contribution in [3.63, 3.8) is 0 Å². The second-order valence-corrected chi connectivity index (χ2v) is 28.8. The van der Waals surface area contributed by atoms with Gasteiger partial charge < -0.3 is 14.7 Å². The molecule has 368 valence electrons. The number of benzene rings is 6. The number of hydrogen-bond acceptors (Lipinski definition) is 5. The molecule has 2 atom stereocenters. The minimum Gasteiger partial charge on any atom is -0.334 e. The zero-order chi connectivity index (χ0) is 51.0. The van der Waals surface area contributed by atoms with Crippen LogP contribution in [0.2, 0.25) is 0 Å². The maximum Gasteiger partial charge on any atom is 0.256 e. The molecule has 3 nitrogen and oxygen atoms in total. The predicted octanol–water partition coefficient (Wildman–Crippen LogP) is 17.7. The van der Waals surface area contributed by atoms with Crippen LogP contribution in [0.3, 0.4) is 0 Å². The van der Waals surface area contributed by atoms with E-state index in [-0.39, 0.29) is 39.3 Å². The summed E-state index contributed by atoms with van der Waals surface area (Å²) in [5.41, 5.74) is 21.7. The van der Waals surface area contributed by atoms with Crippen LogP contribution in [0.5, 0.6) is 0 Å². The minimum absolute atomic E-state index is 0.00575. The molecule has 2 aromatic heterocycles. The molecular weight excluding hydrogens is 910 g/mol. The van der Waals surface area contributed by atoms with E-state index in [4.69, 9.17) is 0 Å². The molecule has 2 unspecified atom stereocenters. The summed E-state index contributed by atoms with van der Waals surface area (Å²) in [6.07, 6.45) is 4.83. The number of hydrogen-bond donors (Lipinski definition) is 0. The van der Waals surface area contributed by atoms with Crippen LogP contribution in [-0.2, 0) is 27.1 Å². The van der Waals surface area contributed by atoms with Gasteiger partial charge in [-0.3, -0.25) is 0 Å². The Kier molecular flexibility index (Phi) is 10.3. The van der Waals surface area contributed by atoms with Gasteiger partial charge in [-0.25, -0.2) is 0 Å². The molecule has 0 spiro atoms. The molecule has 1 aliphatic carbocycles. The molecule has 72 heavy (non-hydrogen) atoms. The van der Waals surface area contributed by atoms with Gasteiger partial charge >= 0.3 is 0 Å². The van der Waals surface area contributed by atoms with Gasteiger partial charge in [0.2, 0.25) is 0 Å². The summed E-state index contributed by atoms with van der Waals surface area (Å²) >= 11 is 3.99. The first-order chi connectivity index (χ1) is 33.8. The number of nitrogens with zero attached hydrogens (tertiary/aromatic N) is 3. The Morgan fingerprint density at radius 3 is 1.33 bits per heavy atom. The fourth-order valence-corrected chi connectivity index (χ4v) is 16.2. The van der Waals surface area contributed by atoms with Crippen molar-refractivity contribution in [1.82, 2.24) is 0 Å². The van der Waals surface area contributed by atoms with Gasteiger partial charge in [0.05, 0.1) is 15.5 Å². The monoisotopic (exact) mass is 984 g/mol. The highest BCUT2D eigenvalue weighted by molar-refractivity contribution is 7.29. The highest BCUT2D eigenvalue weighted by Gasteiger charge is 2.59. The highest BCUT2D eigenvalue weighted by atomic mass is 32.1. The Hall–Kier alpha value is -5.30. The van der Waals surface area contributed by atoms with Crippen LogP contribution in [0.4, 0.5) is 44.1 Å². The summed E-state index contributed by atoms with van der Waals surface area (Å²) in [4.78, 5) is 8.24. The summed E-state index contributed by atoms with van der Waals surface area (Å²) < 4.78 is 2.72. The first kappa shape index (κ1) is 47.7. The zero-order valence-corrected chi connectivity index (χ0v) is 47.6. The van der Waals surface area contributed by atoms with Gasteiger partial charge in [0.1, 0.15) is 0 Å². The molecule has 0 amide bonds. The molecule has 6 aromatic carbocycles. The smallest absolute Gasteiger partial charge is 0.256 e. The van der Waals surface area contributed by atoms with Crippen molar-refractivity contribution in [3.8, 4) is 0 Å². The zero-order valence-electron chi connectivity index (χ0n) is 46.0. The number of aryl methyl sites for hydroxylation is 2. The molecule has 8 aromatic rings. The Labute approximate surface area is 439 Å². The van der Waals surface area contributed by atoms with Crippen molar-refractivity contribution in [3.05, 3.63) is 148 Å². The molecule has 6 heteroatoms. The molecular formula is C66H74BN3S2. The molecule has 1 fully saturated rings. The second kappa shape index (κ2) is 15.6. The maximum absolute atomic E-state index is 2.85. The minimum atomic E-state index is -0.119. The largest absolute Gasteiger partial charge is 0.334 e. The lowest BCUT2D eigenvalue weighted by molar-refractivity contribution is 0.194. The number of thiophene rings is 2. The summed E-state index contributed by atoms with van der Waals surface area (Å²) in [5.74, 6) is 0. The van der Waals surface area contributed by atoms with E-state index >= 15 is 0 Å². The second-order valence-electron chi connectivity index (χ2n) is 26.8. The van der Waals surface area contributed by atoms with Gasteiger partial charge in [0.15, 0.2) is 0 Å². The molecule has 1 saturated carbocycles. The van der Waals surface area contributed by atoms with E-state index in [0.717, 1.165) is 6.42 Å². The molecule has 4 aliphatic rings. The van der Waals surface area contributed by atoms with Crippen molar-refractivity contribution in [2.75, 3.05) is 14.7 Å². The standard InChI is InChI=1S/C66H74BN3S2/c1-39-33-40(2)55-50(34-39)70(66(16)32-18-17-31-65(55,66)15)47-37-51-58-52(38-47)69(46-27-21-42(22-28-46)62(6,7)8)60-57(49-30-24-44(64(12,13)14)36-54(49)72-60)67(58)56-48-29-23-43(63(9,10)11)35-53(48)71-59(56)68(51)45-25-19-41(20-26-45)61(3,4)5/h19-30,33-38H,17-18,31-32H2,1-16H3. The van der Waals surface area contributed by atoms with Crippen molar-refractivity contribution in [1.29, 1.82) is 0 Å². The number of rotatable bonds is 3. The molecule has 0 N–H and O–H groups in total. The van der Waals surface area contributed by atoms with Crippen LogP contribution in [0.25, 0.3) is 20.2 Å². The summed E-state index contributed by atoms with van der Waals surface area (Å²) in [5, 5.41) is 5.41. The Bertz CT molecular complexity index is 3350. The quantitative estimate of drug-likeness (QED) is 0.163. The van der Waals surface area contributed by atoms with E-state index in [1.165, 1.54) is 133 Å².